The zero-order valence-electron chi connectivity index (χ0n) is 12.4. The molecule has 1 saturated carbocycles. The molecule has 1 aliphatic heterocycles. The lowest BCUT2D eigenvalue weighted by atomic mass is 9.64. The number of rotatable bonds is 2. The van der Waals surface area contributed by atoms with Gasteiger partial charge in [0.2, 0.25) is 0 Å². The van der Waals surface area contributed by atoms with E-state index in [1.807, 2.05) is 6.07 Å². The van der Waals surface area contributed by atoms with Gasteiger partial charge < -0.3 is 9.47 Å². The zero-order valence-corrected chi connectivity index (χ0v) is 12.4. The lowest BCUT2D eigenvalue weighted by molar-refractivity contribution is -0.00709. The smallest absolute Gasteiger partial charge is 0.164 e. The summed E-state index contributed by atoms with van der Waals surface area (Å²) in [5.74, 6) is 2.05. The van der Waals surface area contributed by atoms with Gasteiger partial charge in [-0.1, -0.05) is 13.8 Å². The van der Waals surface area contributed by atoms with E-state index in [1.165, 1.54) is 12.8 Å². The highest BCUT2D eigenvalue weighted by molar-refractivity contribution is 5.77. The van der Waals surface area contributed by atoms with Crippen LogP contribution in [0.2, 0.25) is 0 Å². The van der Waals surface area contributed by atoms with Crippen molar-refractivity contribution in [1.29, 1.82) is 0 Å². The Morgan fingerprint density at radius 2 is 2.20 bits per heavy atom. The Morgan fingerprint density at radius 3 is 2.90 bits per heavy atom. The third-order valence-electron chi connectivity index (χ3n) is 4.98. The fourth-order valence-electron chi connectivity index (χ4n) is 3.77. The van der Waals surface area contributed by atoms with Crippen LogP contribution in [-0.2, 0) is 6.42 Å². The maximum Gasteiger partial charge on any atom is 0.164 e. The first-order chi connectivity index (χ1) is 9.55. The molecule has 3 rings (SSSR count). The summed E-state index contributed by atoms with van der Waals surface area (Å²) >= 11 is 0. The van der Waals surface area contributed by atoms with Crippen molar-refractivity contribution in [2.24, 2.45) is 11.3 Å². The molecule has 2 aliphatic rings. The van der Waals surface area contributed by atoms with Gasteiger partial charge in [-0.2, -0.15) is 0 Å². The Hall–Kier alpha value is -1.51. The number of aldehydes is 1. The average molecular weight is 274 g/mol. The maximum atomic E-state index is 11.1. The Balaban J connectivity index is 2.03. The summed E-state index contributed by atoms with van der Waals surface area (Å²) in [4.78, 5) is 11.1. The highest BCUT2D eigenvalue weighted by Gasteiger charge is 2.43. The number of hydrogen-bond acceptors (Lipinski definition) is 3. The van der Waals surface area contributed by atoms with Crippen LogP contribution in [0.25, 0.3) is 0 Å². The quantitative estimate of drug-likeness (QED) is 0.772. The topological polar surface area (TPSA) is 35.5 Å². The van der Waals surface area contributed by atoms with Gasteiger partial charge in [0.1, 0.15) is 12.4 Å². The van der Waals surface area contributed by atoms with Gasteiger partial charge in [0.25, 0.3) is 0 Å². The summed E-state index contributed by atoms with van der Waals surface area (Å²) in [5, 5.41) is 0. The Morgan fingerprint density at radius 1 is 1.40 bits per heavy atom. The van der Waals surface area contributed by atoms with Crippen molar-refractivity contribution in [2.75, 3.05) is 7.11 Å². The lowest BCUT2D eigenvalue weighted by Crippen LogP contribution is -2.45. The number of carbonyl (C=O) groups is 1. The van der Waals surface area contributed by atoms with E-state index in [0.717, 1.165) is 30.4 Å². The molecule has 1 fully saturated rings. The molecule has 0 aromatic heterocycles. The molecule has 0 spiro atoms. The molecule has 0 saturated heterocycles. The minimum Gasteiger partial charge on any atom is -0.493 e. The molecule has 1 aromatic carbocycles. The van der Waals surface area contributed by atoms with E-state index in [2.05, 4.69) is 13.8 Å². The lowest BCUT2D eigenvalue weighted by Gasteiger charge is -2.47. The van der Waals surface area contributed by atoms with Crippen molar-refractivity contribution in [3.63, 3.8) is 0 Å². The molecule has 108 valence electrons. The first-order valence-electron chi connectivity index (χ1n) is 7.38. The summed E-state index contributed by atoms with van der Waals surface area (Å²) < 4.78 is 11.7. The zero-order chi connectivity index (χ0) is 14.3. The molecule has 3 nitrogen and oxygen atoms in total. The number of benzene rings is 1. The largest absolute Gasteiger partial charge is 0.493 e. The van der Waals surface area contributed by atoms with Crippen LogP contribution in [-0.4, -0.2) is 19.5 Å². The number of hydrogen-bond donors (Lipinski definition) is 0. The maximum absolute atomic E-state index is 11.1. The summed E-state index contributed by atoms with van der Waals surface area (Å²) in [6.07, 6.45) is 5.72. The van der Waals surface area contributed by atoms with E-state index < -0.39 is 0 Å². The van der Waals surface area contributed by atoms with E-state index in [0.29, 0.717) is 22.6 Å². The monoisotopic (exact) mass is 274 g/mol. The van der Waals surface area contributed by atoms with Crippen LogP contribution in [0.4, 0.5) is 0 Å². The molecule has 3 heteroatoms. The predicted octanol–water partition coefficient (Wildman–Crippen LogP) is 3.64. The number of fused-ring (bicyclic) bond motifs is 2. The molecule has 0 N–H and O–H groups in total. The van der Waals surface area contributed by atoms with Crippen LogP contribution in [0.1, 0.15) is 49.0 Å². The number of ether oxygens (including phenoxy) is 2. The predicted molar refractivity (Wildman–Crippen MR) is 77.6 cm³/mol. The number of methoxy groups -OCH3 is 1. The normalized spacial score (nSPS) is 26.9. The van der Waals surface area contributed by atoms with E-state index in [1.54, 1.807) is 13.2 Å². The van der Waals surface area contributed by atoms with Crippen molar-refractivity contribution >= 4 is 6.29 Å². The van der Waals surface area contributed by atoms with Crippen molar-refractivity contribution in [2.45, 2.75) is 45.6 Å². The van der Waals surface area contributed by atoms with E-state index >= 15 is 0 Å². The molecule has 20 heavy (non-hydrogen) atoms. The highest BCUT2D eigenvalue weighted by atomic mass is 16.5. The molecule has 0 amide bonds. The third kappa shape index (κ3) is 2.09. The Kier molecular flexibility index (Phi) is 3.23. The van der Waals surface area contributed by atoms with E-state index in [-0.39, 0.29) is 6.10 Å². The van der Waals surface area contributed by atoms with Gasteiger partial charge >= 0.3 is 0 Å². The van der Waals surface area contributed by atoms with Crippen LogP contribution in [0.5, 0.6) is 11.5 Å². The van der Waals surface area contributed by atoms with E-state index in [9.17, 15) is 4.79 Å². The second-order valence-corrected chi connectivity index (χ2v) is 6.68. The van der Waals surface area contributed by atoms with Gasteiger partial charge in [0.15, 0.2) is 11.5 Å². The summed E-state index contributed by atoms with van der Waals surface area (Å²) in [6.45, 7) is 4.66. The molecule has 0 bridgehead atoms. The molecule has 1 heterocycles. The third-order valence-corrected chi connectivity index (χ3v) is 4.98. The van der Waals surface area contributed by atoms with Crippen molar-refractivity contribution in [1.82, 2.24) is 0 Å². The second kappa shape index (κ2) is 4.80. The second-order valence-electron chi connectivity index (χ2n) is 6.68. The van der Waals surface area contributed by atoms with Gasteiger partial charge in [-0.25, -0.2) is 0 Å². The fourth-order valence-corrected chi connectivity index (χ4v) is 3.77. The van der Waals surface area contributed by atoms with Gasteiger partial charge in [-0.3, -0.25) is 4.79 Å². The molecular weight excluding hydrogens is 252 g/mol. The average Bonchev–Trinajstić information content (AvgIpc) is 2.44. The van der Waals surface area contributed by atoms with Gasteiger partial charge in [0.05, 0.1) is 7.11 Å². The van der Waals surface area contributed by atoms with Gasteiger partial charge in [-0.05, 0) is 48.8 Å². The van der Waals surface area contributed by atoms with Crippen LogP contribution in [0, 0.1) is 11.3 Å². The van der Waals surface area contributed by atoms with Gasteiger partial charge in [0, 0.05) is 11.5 Å². The molecule has 2 atom stereocenters. The van der Waals surface area contributed by atoms with Crippen molar-refractivity contribution < 1.29 is 14.3 Å². The SMILES string of the molecule is COc1cc(C=O)cc2c1OC1CCCC(C)(C)[C@H]1C2. The van der Waals surface area contributed by atoms with Gasteiger partial charge in [-0.15, -0.1) is 0 Å². The summed E-state index contributed by atoms with van der Waals surface area (Å²) in [6, 6.07) is 3.71. The van der Waals surface area contributed by atoms with E-state index in [4.69, 9.17) is 9.47 Å². The molecule has 0 radical (unpaired) electrons. The molecule has 1 aromatic rings. The summed E-state index contributed by atoms with van der Waals surface area (Å²) in [5.41, 5.74) is 2.07. The molecular formula is C17H22O3. The van der Waals surface area contributed by atoms with Crippen LogP contribution in [0.15, 0.2) is 12.1 Å². The minimum absolute atomic E-state index is 0.280. The minimum atomic E-state index is 0.280. The summed E-state index contributed by atoms with van der Waals surface area (Å²) in [7, 11) is 1.63. The highest BCUT2D eigenvalue weighted by Crippen LogP contribution is 2.49. The molecule has 1 unspecified atom stereocenters. The number of carbonyl (C=O) groups excluding carboxylic acids is 1. The first-order valence-corrected chi connectivity index (χ1v) is 7.38. The van der Waals surface area contributed by atoms with Crippen molar-refractivity contribution in [3.8, 4) is 11.5 Å². The van der Waals surface area contributed by atoms with Crippen molar-refractivity contribution in [3.05, 3.63) is 23.3 Å². The van der Waals surface area contributed by atoms with Crippen LogP contribution in [0.3, 0.4) is 0 Å². The Bertz CT molecular complexity index is 533. The standard InChI is InChI=1S/C17H22O3/c1-17(2)6-4-5-14-13(17)9-12-7-11(10-18)8-15(19-3)16(12)20-14/h7-8,10,13-14H,4-6,9H2,1-3H3/t13-,14?/m0/s1. The van der Waals surface area contributed by atoms with Crippen LogP contribution < -0.4 is 9.47 Å². The first kappa shape index (κ1) is 13.5. The molecule has 1 aliphatic carbocycles. The Labute approximate surface area is 120 Å². The van der Waals surface area contributed by atoms with Crippen LogP contribution >= 0.6 is 0 Å². The fraction of sp³-hybridized carbons (Fsp3) is 0.588.